The highest BCUT2D eigenvalue weighted by Gasteiger charge is 2.27. The van der Waals surface area contributed by atoms with Gasteiger partial charge in [-0.15, -0.1) is 0 Å². The lowest BCUT2D eigenvalue weighted by molar-refractivity contribution is 0.0969. The van der Waals surface area contributed by atoms with E-state index in [4.69, 9.17) is 14.5 Å². The molecule has 2 aliphatic heterocycles. The minimum atomic E-state index is -2.61. The SMILES string of the molecule is C[C@@H]1COCCN1c1nc(-c2ccc(C(F)F)nc2)nc(N2CCOC[C@H]2C)n1. The molecule has 4 rings (SSSR count). The van der Waals surface area contributed by atoms with Crippen molar-refractivity contribution in [2.45, 2.75) is 32.4 Å². The first-order valence-electron chi connectivity index (χ1n) is 9.72. The van der Waals surface area contributed by atoms with Gasteiger partial charge in [-0.1, -0.05) is 0 Å². The summed E-state index contributed by atoms with van der Waals surface area (Å²) in [5.74, 6) is 1.52. The van der Waals surface area contributed by atoms with Gasteiger partial charge in [0.15, 0.2) is 5.82 Å². The largest absolute Gasteiger partial charge is 0.377 e. The number of hydrogen-bond acceptors (Lipinski definition) is 8. The predicted octanol–water partition coefficient (Wildman–Crippen LogP) is 2.32. The fraction of sp³-hybridized carbons (Fsp3) is 0.579. The van der Waals surface area contributed by atoms with Gasteiger partial charge < -0.3 is 19.3 Å². The average molecular weight is 406 g/mol. The number of morpholine rings is 2. The van der Waals surface area contributed by atoms with Crippen LogP contribution in [0.2, 0.25) is 0 Å². The summed E-state index contributed by atoms with van der Waals surface area (Å²) < 4.78 is 36.8. The molecule has 2 aromatic heterocycles. The molecule has 2 fully saturated rings. The number of alkyl halides is 2. The Bertz CT molecular complexity index is 798. The zero-order chi connectivity index (χ0) is 20.4. The zero-order valence-corrected chi connectivity index (χ0v) is 16.5. The second-order valence-corrected chi connectivity index (χ2v) is 7.27. The van der Waals surface area contributed by atoms with Crippen LogP contribution in [0, 0.1) is 0 Å². The second-order valence-electron chi connectivity index (χ2n) is 7.27. The van der Waals surface area contributed by atoms with Gasteiger partial charge in [0, 0.05) is 24.8 Å². The van der Waals surface area contributed by atoms with Crippen molar-refractivity contribution in [1.29, 1.82) is 0 Å². The maximum Gasteiger partial charge on any atom is 0.280 e. The lowest BCUT2D eigenvalue weighted by Gasteiger charge is -2.36. The van der Waals surface area contributed by atoms with E-state index in [1.165, 1.54) is 12.3 Å². The minimum absolute atomic E-state index is 0.119. The van der Waals surface area contributed by atoms with Gasteiger partial charge in [0.25, 0.3) is 6.43 Å². The normalized spacial score (nSPS) is 22.9. The second kappa shape index (κ2) is 8.50. The smallest absolute Gasteiger partial charge is 0.280 e. The molecule has 0 amide bonds. The van der Waals surface area contributed by atoms with E-state index in [0.29, 0.717) is 62.8 Å². The van der Waals surface area contributed by atoms with Crippen LogP contribution in [0.1, 0.15) is 26.0 Å². The van der Waals surface area contributed by atoms with E-state index in [9.17, 15) is 8.78 Å². The molecule has 2 aromatic rings. The number of ether oxygens (including phenoxy) is 2. The van der Waals surface area contributed by atoms with Crippen LogP contribution in [0.5, 0.6) is 0 Å². The van der Waals surface area contributed by atoms with Crippen LogP contribution in [0.15, 0.2) is 18.3 Å². The number of pyridine rings is 1. The van der Waals surface area contributed by atoms with E-state index in [2.05, 4.69) is 38.6 Å². The van der Waals surface area contributed by atoms with Gasteiger partial charge in [-0.05, 0) is 26.0 Å². The molecule has 8 nitrogen and oxygen atoms in total. The maximum absolute atomic E-state index is 12.9. The third-order valence-electron chi connectivity index (χ3n) is 5.13. The van der Waals surface area contributed by atoms with Crippen molar-refractivity contribution in [2.24, 2.45) is 0 Å². The van der Waals surface area contributed by atoms with Gasteiger partial charge in [-0.3, -0.25) is 4.98 Å². The molecule has 2 atom stereocenters. The quantitative estimate of drug-likeness (QED) is 0.766. The van der Waals surface area contributed by atoms with Crippen LogP contribution in [-0.2, 0) is 9.47 Å². The van der Waals surface area contributed by atoms with Crippen molar-refractivity contribution in [3.8, 4) is 11.4 Å². The van der Waals surface area contributed by atoms with Crippen LogP contribution >= 0.6 is 0 Å². The first-order valence-corrected chi connectivity index (χ1v) is 9.72. The lowest BCUT2D eigenvalue weighted by atomic mass is 10.2. The Morgan fingerprint density at radius 1 is 0.931 bits per heavy atom. The number of halogens is 2. The third kappa shape index (κ3) is 4.27. The summed E-state index contributed by atoms with van der Waals surface area (Å²) in [5, 5.41) is 0. The van der Waals surface area contributed by atoms with E-state index in [-0.39, 0.29) is 17.8 Å². The Morgan fingerprint density at radius 3 is 1.97 bits per heavy atom. The fourth-order valence-corrected chi connectivity index (χ4v) is 3.46. The summed E-state index contributed by atoms with van der Waals surface area (Å²) >= 11 is 0. The molecule has 0 spiro atoms. The molecule has 0 aliphatic carbocycles. The summed E-state index contributed by atoms with van der Waals surface area (Å²) in [6.45, 7) is 7.83. The molecule has 0 bridgehead atoms. The molecular weight excluding hydrogens is 382 g/mol. The van der Waals surface area contributed by atoms with Gasteiger partial charge in [0.05, 0.1) is 38.5 Å². The van der Waals surface area contributed by atoms with E-state index >= 15 is 0 Å². The Kier molecular flexibility index (Phi) is 5.81. The van der Waals surface area contributed by atoms with E-state index in [1.54, 1.807) is 6.07 Å². The highest BCUT2D eigenvalue weighted by atomic mass is 19.3. The number of nitrogens with zero attached hydrogens (tertiary/aromatic N) is 6. The number of aromatic nitrogens is 4. The molecule has 0 unspecified atom stereocenters. The Hall–Kier alpha value is -2.46. The molecule has 156 valence electrons. The minimum Gasteiger partial charge on any atom is -0.377 e. The van der Waals surface area contributed by atoms with Crippen LogP contribution in [0.25, 0.3) is 11.4 Å². The first kappa shape index (κ1) is 19.8. The van der Waals surface area contributed by atoms with Crippen molar-refractivity contribution < 1.29 is 18.3 Å². The van der Waals surface area contributed by atoms with E-state index < -0.39 is 6.43 Å². The fourth-order valence-electron chi connectivity index (χ4n) is 3.46. The topological polar surface area (TPSA) is 76.5 Å². The molecule has 0 N–H and O–H groups in total. The molecule has 10 heteroatoms. The maximum atomic E-state index is 12.9. The number of hydrogen-bond donors (Lipinski definition) is 0. The predicted molar refractivity (Wildman–Crippen MR) is 103 cm³/mol. The molecule has 29 heavy (non-hydrogen) atoms. The number of rotatable bonds is 4. The van der Waals surface area contributed by atoms with Crippen LogP contribution in [0.3, 0.4) is 0 Å². The summed E-state index contributed by atoms with van der Waals surface area (Å²) in [4.78, 5) is 22.0. The summed E-state index contributed by atoms with van der Waals surface area (Å²) in [5.41, 5.74) is 0.299. The Balaban J connectivity index is 1.75. The zero-order valence-electron chi connectivity index (χ0n) is 16.5. The molecule has 4 heterocycles. The van der Waals surface area contributed by atoms with Gasteiger partial charge in [-0.25, -0.2) is 8.78 Å². The molecule has 0 saturated carbocycles. The van der Waals surface area contributed by atoms with Crippen molar-refractivity contribution >= 4 is 11.9 Å². The van der Waals surface area contributed by atoms with Crippen molar-refractivity contribution in [3.63, 3.8) is 0 Å². The summed E-state index contributed by atoms with van der Waals surface area (Å²) in [7, 11) is 0. The average Bonchev–Trinajstić information content (AvgIpc) is 2.74. The van der Waals surface area contributed by atoms with Crippen molar-refractivity contribution in [1.82, 2.24) is 19.9 Å². The Labute approximate surface area is 167 Å². The monoisotopic (exact) mass is 406 g/mol. The van der Waals surface area contributed by atoms with Gasteiger partial charge in [0.2, 0.25) is 11.9 Å². The summed E-state index contributed by atoms with van der Waals surface area (Å²) in [6.07, 6.45) is -1.23. The van der Waals surface area contributed by atoms with Gasteiger partial charge in [0.1, 0.15) is 5.69 Å². The molecule has 2 aliphatic rings. The van der Waals surface area contributed by atoms with Crippen molar-refractivity contribution in [2.75, 3.05) is 49.3 Å². The summed E-state index contributed by atoms with van der Waals surface area (Å²) in [6, 6.07) is 3.11. The Morgan fingerprint density at radius 2 is 1.52 bits per heavy atom. The van der Waals surface area contributed by atoms with E-state index in [0.717, 1.165) is 0 Å². The lowest BCUT2D eigenvalue weighted by Crippen LogP contribution is -2.46. The molecular formula is C19H24F2N6O2. The van der Waals surface area contributed by atoms with Gasteiger partial charge in [-0.2, -0.15) is 15.0 Å². The molecule has 2 saturated heterocycles. The standard InChI is InChI=1S/C19H24F2N6O2/c1-12-10-28-7-5-26(12)18-23-17(14-3-4-15(16(20)21)22-9-14)24-19(25-18)27-6-8-29-11-13(27)2/h3-4,9,12-13,16H,5-8,10-11H2,1-2H3/t12-,13-/m1/s1. The third-order valence-corrected chi connectivity index (χ3v) is 5.13. The van der Waals surface area contributed by atoms with E-state index in [1.807, 2.05) is 0 Å². The van der Waals surface area contributed by atoms with Crippen LogP contribution < -0.4 is 9.80 Å². The highest BCUT2D eigenvalue weighted by Crippen LogP contribution is 2.26. The van der Waals surface area contributed by atoms with Crippen molar-refractivity contribution in [3.05, 3.63) is 24.0 Å². The molecule has 0 aromatic carbocycles. The molecule has 0 radical (unpaired) electrons. The number of anilines is 2. The highest BCUT2D eigenvalue weighted by molar-refractivity contribution is 5.58. The van der Waals surface area contributed by atoms with Crippen LogP contribution in [-0.4, -0.2) is 71.5 Å². The first-order chi connectivity index (χ1) is 14.0. The van der Waals surface area contributed by atoms with Crippen LogP contribution in [0.4, 0.5) is 20.7 Å². The van der Waals surface area contributed by atoms with Gasteiger partial charge >= 0.3 is 0 Å².